The molecule has 1 fully saturated rings. The monoisotopic (exact) mass is 269 g/mol. The topological polar surface area (TPSA) is 60.2 Å². The summed E-state index contributed by atoms with van der Waals surface area (Å²) in [4.78, 5) is 4.14. The summed E-state index contributed by atoms with van der Waals surface area (Å²) in [5.74, 6) is 0.665. The van der Waals surface area contributed by atoms with Crippen LogP contribution in [0.2, 0.25) is 5.02 Å². The smallest absolute Gasteiger partial charge is 0.144 e. The lowest BCUT2D eigenvalue weighted by Gasteiger charge is -2.22. The lowest BCUT2D eigenvalue weighted by molar-refractivity contribution is 0.0347. The van der Waals surface area contributed by atoms with Gasteiger partial charge in [-0.15, -0.1) is 0 Å². The molecule has 5 heteroatoms. The third-order valence-electron chi connectivity index (χ3n) is 3.16. The van der Waals surface area contributed by atoms with E-state index in [9.17, 15) is 0 Å². The number of hydrogen-bond acceptors (Lipinski definition) is 4. The van der Waals surface area contributed by atoms with E-state index in [0.717, 1.165) is 0 Å². The molecule has 1 aliphatic rings. The zero-order valence-corrected chi connectivity index (χ0v) is 11.2. The van der Waals surface area contributed by atoms with Gasteiger partial charge in [-0.25, -0.2) is 4.98 Å². The molecule has 0 amide bonds. The fraction of sp³-hybridized carbons (Fsp3) is 0.615. The third-order valence-corrected chi connectivity index (χ3v) is 3.45. The van der Waals surface area contributed by atoms with Gasteiger partial charge < -0.3 is 15.8 Å². The summed E-state index contributed by atoms with van der Waals surface area (Å²) in [6, 6.07) is 1.69. The van der Waals surface area contributed by atoms with E-state index in [1.165, 1.54) is 32.1 Å². The van der Waals surface area contributed by atoms with Crippen LogP contribution in [-0.2, 0) is 4.74 Å². The Kier molecular flexibility index (Phi) is 5.08. The average molecular weight is 270 g/mol. The van der Waals surface area contributed by atoms with Gasteiger partial charge in [0.25, 0.3) is 0 Å². The standard InChI is InChI=1S/C13H20ClN3O/c14-12-8-10(15)9-17-13(12)16-6-7-18-11-4-2-1-3-5-11/h8-9,11H,1-7,15H2,(H,16,17). The first kappa shape index (κ1) is 13.4. The van der Waals surface area contributed by atoms with Crippen molar-refractivity contribution in [2.24, 2.45) is 0 Å². The zero-order chi connectivity index (χ0) is 12.8. The molecule has 1 aliphatic carbocycles. The Balaban J connectivity index is 1.68. The second kappa shape index (κ2) is 6.81. The first-order chi connectivity index (χ1) is 8.75. The second-order valence-electron chi connectivity index (χ2n) is 4.66. The van der Waals surface area contributed by atoms with Crippen LogP contribution in [0.25, 0.3) is 0 Å². The fourth-order valence-electron chi connectivity index (χ4n) is 2.21. The Labute approximate surface area is 113 Å². The third kappa shape index (κ3) is 4.03. The predicted molar refractivity (Wildman–Crippen MR) is 75.0 cm³/mol. The molecular formula is C13H20ClN3O. The molecule has 18 heavy (non-hydrogen) atoms. The van der Waals surface area contributed by atoms with E-state index in [0.29, 0.717) is 35.8 Å². The number of hydrogen-bond donors (Lipinski definition) is 2. The van der Waals surface area contributed by atoms with Gasteiger partial charge in [-0.2, -0.15) is 0 Å². The first-order valence-electron chi connectivity index (χ1n) is 6.52. The first-order valence-corrected chi connectivity index (χ1v) is 6.90. The number of halogens is 1. The second-order valence-corrected chi connectivity index (χ2v) is 5.06. The number of aromatic nitrogens is 1. The van der Waals surface area contributed by atoms with Crippen LogP contribution in [0.3, 0.4) is 0 Å². The van der Waals surface area contributed by atoms with Crippen LogP contribution in [-0.4, -0.2) is 24.2 Å². The Morgan fingerprint density at radius 3 is 2.89 bits per heavy atom. The van der Waals surface area contributed by atoms with Crippen molar-refractivity contribution in [2.45, 2.75) is 38.2 Å². The molecule has 0 spiro atoms. The maximum atomic E-state index is 6.01. The molecule has 2 rings (SSSR count). The van der Waals surface area contributed by atoms with Crippen LogP contribution in [0.5, 0.6) is 0 Å². The molecule has 1 aromatic rings. The molecule has 1 saturated carbocycles. The Bertz CT molecular complexity index is 380. The fourth-order valence-corrected chi connectivity index (χ4v) is 2.45. The number of nitrogens with two attached hydrogens (primary N) is 1. The van der Waals surface area contributed by atoms with Gasteiger partial charge in [-0.3, -0.25) is 0 Å². The summed E-state index contributed by atoms with van der Waals surface area (Å²) in [5.41, 5.74) is 6.15. The van der Waals surface area contributed by atoms with Crippen LogP contribution >= 0.6 is 11.6 Å². The van der Waals surface area contributed by atoms with Crippen LogP contribution in [0, 0.1) is 0 Å². The normalized spacial score (nSPS) is 16.7. The lowest BCUT2D eigenvalue weighted by atomic mass is 9.98. The van der Waals surface area contributed by atoms with Crippen LogP contribution < -0.4 is 11.1 Å². The van der Waals surface area contributed by atoms with E-state index < -0.39 is 0 Å². The minimum atomic E-state index is 0.440. The summed E-state index contributed by atoms with van der Waals surface area (Å²) in [5, 5.41) is 3.70. The molecule has 3 N–H and O–H groups in total. The van der Waals surface area contributed by atoms with Gasteiger partial charge in [0, 0.05) is 6.54 Å². The molecule has 0 aliphatic heterocycles. The minimum Gasteiger partial charge on any atom is -0.397 e. The molecular weight excluding hydrogens is 250 g/mol. The highest BCUT2D eigenvalue weighted by Crippen LogP contribution is 2.21. The van der Waals surface area contributed by atoms with Gasteiger partial charge in [0.05, 0.1) is 29.6 Å². The molecule has 1 heterocycles. The van der Waals surface area contributed by atoms with Gasteiger partial charge >= 0.3 is 0 Å². The molecule has 4 nitrogen and oxygen atoms in total. The molecule has 0 bridgehead atoms. The summed E-state index contributed by atoms with van der Waals surface area (Å²) in [6.45, 7) is 1.40. The van der Waals surface area contributed by atoms with Crippen molar-refractivity contribution < 1.29 is 4.74 Å². The number of nitrogens with one attached hydrogen (secondary N) is 1. The van der Waals surface area contributed by atoms with Gasteiger partial charge in [0.15, 0.2) is 0 Å². The van der Waals surface area contributed by atoms with Crippen LogP contribution in [0.4, 0.5) is 11.5 Å². The Morgan fingerprint density at radius 1 is 1.39 bits per heavy atom. The predicted octanol–water partition coefficient (Wildman–Crippen LogP) is 3.08. The summed E-state index contributed by atoms with van der Waals surface area (Å²) in [6.07, 6.45) is 8.36. The summed E-state index contributed by atoms with van der Waals surface area (Å²) < 4.78 is 5.81. The average Bonchev–Trinajstić information content (AvgIpc) is 2.38. The van der Waals surface area contributed by atoms with Gasteiger partial charge in [0.2, 0.25) is 0 Å². The van der Waals surface area contributed by atoms with E-state index in [1.54, 1.807) is 12.3 Å². The van der Waals surface area contributed by atoms with Crippen molar-refractivity contribution in [3.05, 3.63) is 17.3 Å². The van der Waals surface area contributed by atoms with E-state index in [-0.39, 0.29) is 0 Å². The number of anilines is 2. The van der Waals surface area contributed by atoms with E-state index in [1.807, 2.05) is 0 Å². The van der Waals surface area contributed by atoms with Crippen molar-refractivity contribution in [2.75, 3.05) is 24.2 Å². The molecule has 0 radical (unpaired) electrons. The van der Waals surface area contributed by atoms with Crippen molar-refractivity contribution in [1.82, 2.24) is 4.98 Å². The maximum absolute atomic E-state index is 6.01. The number of pyridine rings is 1. The zero-order valence-electron chi connectivity index (χ0n) is 10.5. The van der Waals surface area contributed by atoms with Crippen LogP contribution in [0.1, 0.15) is 32.1 Å². The number of ether oxygens (including phenoxy) is 1. The molecule has 0 atom stereocenters. The highest BCUT2D eigenvalue weighted by Gasteiger charge is 2.13. The minimum absolute atomic E-state index is 0.440. The Morgan fingerprint density at radius 2 is 2.17 bits per heavy atom. The quantitative estimate of drug-likeness (QED) is 0.807. The van der Waals surface area contributed by atoms with Gasteiger partial charge in [-0.05, 0) is 18.9 Å². The molecule has 100 valence electrons. The summed E-state index contributed by atoms with van der Waals surface area (Å²) >= 11 is 6.01. The molecule has 0 unspecified atom stereocenters. The van der Waals surface area contributed by atoms with E-state index >= 15 is 0 Å². The lowest BCUT2D eigenvalue weighted by Crippen LogP contribution is -2.20. The van der Waals surface area contributed by atoms with Crippen molar-refractivity contribution in [3.63, 3.8) is 0 Å². The number of rotatable bonds is 5. The highest BCUT2D eigenvalue weighted by molar-refractivity contribution is 6.33. The van der Waals surface area contributed by atoms with Crippen molar-refractivity contribution in [1.29, 1.82) is 0 Å². The highest BCUT2D eigenvalue weighted by atomic mass is 35.5. The van der Waals surface area contributed by atoms with E-state index in [2.05, 4.69) is 10.3 Å². The van der Waals surface area contributed by atoms with Crippen molar-refractivity contribution in [3.8, 4) is 0 Å². The van der Waals surface area contributed by atoms with Crippen molar-refractivity contribution >= 4 is 23.1 Å². The number of nitrogens with zero attached hydrogens (tertiary/aromatic N) is 1. The SMILES string of the molecule is Nc1cnc(NCCOC2CCCCC2)c(Cl)c1. The number of nitrogen functional groups attached to an aromatic ring is 1. The maximum Gasteiger partial charge on any atom is 0.144 e. The molecule has 1 aromatic heterocycles. The largest absolute Gasteiger partial charge is 0.397 e. The van der Waals surface area contributed by atoms with Gasteiger partial charge in [0.1, 0.15) is 5.82 Å². The summed E-state index contributed by atoms with van der Waals surface area (Å²) in [7, 11) is 0. The Hall–Kier alpha value is -1.00. The van der Waals surface area contributed by atoms with Gasteiger partial charge in [-0.1, -0.05) is 30.9 Å². The molecule has 0 saturated heterocycles. The molecule has 0 aromatic carbocycles. The van der Waals surface area contributed by atoms with Crippen LogP contribution in [0.15, 0.2) is 12.3 Å². The van der Waals surface area contributed by atoms with E-state index in [4.69, 9.17) is 22.1 Å².